The van der Waals surface area contributed by atoms with Crippen LogP contribution in [0.3, 0.4) is 0 Å². The SMILES string of the molecule is C=c1cnn(C(C)=O)c1=C. The van der Waals surface area contributed by atoms with Crippen molar-refractivity contribution in [2.45, 2.75) is 6.92 Å². The third-order valence-corrected chi connectivity index (χ3v) is 1.25. The lowest BCUT2D eigenvalue weighted by Gasteiger charge is -1.89. The largest absolute Gasteiger partial charge is 0.273 e. The fourth-order valence-electron chi connectivity index (χ4n) is 0.679. The van der Waals surface area contributed by atoms with Crippen molar-refractivity contribution in [3.8, 4) is 0 Å². The van der Waals surface area contributed by atoms with Gasteiger partial charge in [-0.3, -0.25) is 4.79 Å². The summed E-state index contributed by atoms with van der Waals surface area (Å²) in [6, 6.07) is 0. The molecule has 52 valence electrons. The summed E-state index contributed by atoms with van der Waals surface area (Å²) in [4.78, 5) is 10.7. The molecule has 1 heterocycles. The molecule has 0 saturated heterocycles. The Morgan fingerprint density at radius 2 is 2.30 bits per heavy atom. The second-order valence-corrected chi connectivity index (χ2v) is 2.05. The van der Waals surface area contributed by atoms with E-state index in [1.165, 1.54) is 17.8 Å². The van der Waals surface area contributed by atoms with Crippen LogP contribution in [-0.2, 0) is 0 Å². The van der Waals surface area contributed by atoms with E-state index in [1.54, 1.807) is 0 Å². The number of carbonyl (C=O) groups is 1. The van der Waals surface area contributed by atoms with Crippen molar-refractivity contribution >= 4 is 19.1 Å². The Balaban J connectivity index is 3.46. The second-order valence-electron chi connectivity index (χ2n) is 2.05. The van der Waals surface area contributed by atoms with Gasteiger partial charge in [-0.15, -0.1) is 0 Å². The molecule has 10 heavy (non-hydrogen) atoms. The standard InChI is InChI=1S/C7H8N2O/c1-5-4-8-9(6(5)2)7(3)10/h4H,1-2H2,3H3. The Bertz CT molecular complexity index is 350. The van der Waals surface area contributed by atoms with Crippen LogP contribution in [0.5, 0.6) is 0 Å². The topological polar surface area (TPSA) is 34.9 Å². The minimum absolute atomic E-state index is 0.139. The highest BCUT2D eigenvalue weighted by atomic mass is 16.2. The first-order valence-corrected chi connectivity index (χ1v) is 2.86. The molecule has 0 aliphatic heterocycles. The van der Waals surface area contributed by atoms with Crippen molar-refractivity contribution < 1.29 is 4.79 Å². The maximum atomic E-state index is 10.7. The van der Waals surface area contributed by atoms with Crippen LogP contribution >= 0.6 is 0 Å². The summed E-state index contributed by atoms with van der Waals surface area (Å²) in [5, 5.41) is 5.01. The molecular formula is C7H8N2O. The zero-order valence-corrected chi connectivity index (χ0v) is 5.79. The van der Waals surface area contributed by atoms with Gasteiger partial charge in [0.25, 0.3) is 0 Å². The first-order valence-electron chi connectivity index (χ1n) is 2.86. The van der Waals surface area contributed by atoms with Crippen molar-refractivity contribution in [2.24, 2.45) is 0 Å². The average molecular weight is 136 g/mol. The van der Waals surface area contributed by atoms with Gasteiger partial charge in [0, 0.05) is 12.1 Å². The molecule has 0 bridgehead atoms. The van der Waals surface area contributed by atoms with Crippen LogP contribution in [0.4, 0.5) is 0 Å². The van der Waals surface area contributed by atoms with Crippen LogP contribution in [0, 0.1) is 0 Å². The number of aromatic nitrogens is 2. The van der Waals surface area contributed by atoms with E-state index in [1.807, 2.05) is 0 Å². The summed E-state index contributed by atoms with van der Waals surface area (Å²) in [5.74, 6) is -0.139. The minimum Gasteiger partial charge on any atom is -0.273 e. The van der Waals surface area contributed by atoms with Crippen molar-refractivity contribution in [2.75, 3.05) is 0 Å². The predicted octanol–water partition coefficient (Wildman–Crippen LogP) is -0.636. The van der Waals surface area contributed by atoms with Crippen molar-refractivity contribution in [1.82, 2.24) is 9.78 Å². The van der Waals surface area contributed by atoms with Gasteiger partial charge in [0.1, 0.15) is 0 Å². The van der Waals surface area contributed by atoms with Crippen LogP contribution in [0.2, 0.25) is 0 Å². The summed E-state index contributed by atoms with van der Waals surface area (Å²) in [5.41, 5.74) is 0. The third kappa shape index (κ3) is 0.857. The number of carbonyl (C=O) groups excluding carboxylic acids is 1. The van der Waals surface area contributed by atoms with Crippen LogP contribution < -0.4 is 10.6 Å². The molecule has 0 amide bonds. The van der Waals surface area contributed by atoms with E-state index < -0.39 is 0 Å². The minimum atomic E-state index is -0.139. The summed E-state index contributed by atoms with van der Waals surface area (Å²) in [6.45, 7) is 8.68. The molecule has 0 spiro atoms. The smallest absolute Gasteiger partial charge is 0.244 e. The first-order chi connectivity index (χ1) is 4.63. The van der Waals surface area contributed by atoms with Gasteiger partial charge < -0.3 is 0 Å². The van der Waals surface area contributed by atoms with Crippen molar-refractivity contribution in [3.63, 3.8) is 0 Å². The molecule has 1 aromatic heterocycles. The summed E-state index contributed by atoms with van der Waals surface area (Å²) >= 11 is 0. The molecule has 0 aromatic carbocycles. The molecule has 0 fully saturated rings. The highest BCUT2D eigenvalue weighted by Crippen LogP contribution is 1.68. The molecule has 3 nitrogen and oxygen atoms in total. The van der Waals surface area contributed by atoms with Crippen LogP contribution in [0.15, 0.2) is 6.20 Å². The third-order valence-electron chi connectivity index (χ3n) is 1.25. The van der Waals surface area contributed by atoms with Crippen molar-refractivity contribution in [1.29, 1.82) is 0 Å². The van der Waals surface area contributed by atoms with Crippen LogP contribution in [0.1, 0.15) is 11.7 Å². The highest BCUT2D eigenvalue weighted by molar-refractivity contribution is 5.75. The zero-order valence-electron chi connectivity index (χ0n) is 5.79. The number of hydrogen-bond donors (Lipinski definition) is 0. The molecule has 3 heteroatoms. The molecule has 0 radical (unpaired) electrons. The quantitative estimate of drug-likeness (QED) is 0.475. The van der Waals surface area contributed by atoms with Gasteiger partial charge >= 0.3 is 0 Å². The number of nitrogens with zero attached hydrogens (tertiary/aromatic N) is 2. The second kappa shape index (κ2) is 2.10. The molecular weight excluding hydrogens is 128 g/mol. The Morgan fingerprint density at radius 3 is 2.50 bits per heavy atom. The number of hydrogen-bond acceptors (Lipinski definition) is 2. The summed E-state index contributed by atoms with van der Waals surface area (Å²) in [7, 11) is 0. The van der Waals surface area contributed by atoms with Gasteiger partial charge in [-0.2, -0.15) is 5.10 Å². The van der Waals surface area contributed by atoms with Gasteiger partial charge in [0.05, 0.1) is 11.5 Å². The van der Waals surface area contributed by atoms with Gasteiger partial charge in [-0.25, -0.2) is 4.68 Å². The predicted molar refractivity (Wildman–Crippen MR) is 38.8 cm³/mol. The molecule has 0 aliphatic carbocycles. The maximum absolute atomic E-state index is 10.7. The van der Waals surface area contributed by atoms with E-state index in [9.17, 15) is 4.79 Å². The van der Waals surface area contributed by atoms with Crippen molar-refractivity contribution in [3.05, 3.63) is 16.8 Å². The zero-order chi connectivity index (χ0) is 7.72. The Morgan fingerprint density at radius 1 is 1.70 bits per heavy atom. The maximum Gasteiger partial charge on any atom is 0.244 e. The van der Waals surface area contributed by atoms with E-state index in [-0.39, 0.29) is 5.91 Å². The Labute approximate surface area is 58.3 Å². The Kier molecular flexibility index (Phi) is 1.41. The molecule has 0 N–H and O–H groups in total. The van der Waals surface area contributed by atoms with E-state index in [2.05, 4.69) is 18.3 Å². The van der Waals surface area contributed by atoms with Gasteiger partial charge in [0.15, 0.2) is 0 Å². The van der Waals surface area contributed by atoms with E-state index in [0.717, 1.165) is 0 Å². The fourth-order valence-corrected chi connectivity index (χ4v) is 0.679. The molecule has 0 aliphatic rings. The average Bonchev–Trinajstić information content (AvgIpc) is 2.14. The van der Waals surface area contributed by atoms with E-state index >= 15 is 0 Å². The molecule has 0 atom stereocenters. The Hall–Kier alpha value is -1.38. The first kappa shape index (κ1) is 6.74. The molecule has 0 unspecified atom stereocenters. The van der Waals surface area contributed by atoms with E-state index in [4.69, 9.17) is 0 Å². The molecule has 1 aromatic rings. The lowest BCUT2D eigenvalue weighted by molar-refractivity contribution is 0.0918. The van der Waals surface area contributed by atoms with Gasteiger partial charge in [0.2, 0.25) is 5.91 Å². The van der Waals surface area contributed by atoms with Gasteiger partial charge in [-0.1, -0.05) is 13.2 Å². The summed E-state index contributed by atoms with van der Waals surface area (Å²) < 4.78 is 1.22. The van der Waals surface area contributed by atoms with Gasteiger partial charge in [-0.05, 0) is 0 Å². The normalized spacial score (nSPS) is 9.70. The van der Waals surface area contributed by atoms with Crippen LogP contribution in [-0.4, -0.2) is 15.7 Å². The molecule has 1 rings (SSSR count). The molecule has 0 saturated carbocycles. The monoisotopic (exact) mass is 136 g/mol. The van der Waals surface area contributed by atoms with Crippen LogP contribution in [0.25, 0.3) is 13.2 Å². The van der Waals surface area contributed by atoms with E-state index in [0.29, 0.717) is 10.6 Å². The fraction of sp³-hybridized carbons (Fsp3) is 0.143. The number of rotatable bonds is 0. The lowest BCUT2D eigenvalue weighted by Crippen LogP contribution is -2.29. The summed E-state index contributed by atoms with van der Waals surface area (Å²) in [6.07, 6.45) is 1.52. The lowest BCUT2D eigenvalue weighted by atomic mass is 10.5. The highest BCUT2D eigenvalue weighted by Gasteiger charge is 1.97.